The van der Waals surface area contributed by atoms with E-state index in [9.17, 15) is 14.7 Å². The Kier molecular flexibility index (Phi) is 6.73. The van der Waals surface area contributed by atoms with Gasteiger partial charge in [0.2, 0.25) is 11.8 Å². The highest BCUT2D eigenvalue weighted by atomic mass is 16.3. The van der Waals surface area contributed by atoms with E-state index in [0.717, 1.165) is 16.9 Å². The molecular formula is C23H21N3O3. The molecule has 29 heavy (non-hydrogen) atoms. The molecule has 2 amide bonds. The largest absolute Gasteiger partial charge is 0.508 e. The summed E-state index contributed by atoms with van der Waals surface area (Å²) in [5, 5.41) is 13.1. The molecular weight excluding hydrogens is 366 g/mol. The van der Waals surface area contributed by atoms with E-state index in [1.54, 1.807) is 17.0 Å². The lowest BCUT2D eigenvalue weighted by molar-refractivity contribution is -0.124. The predicted molar refractivity (Wildman–Crippen MR) is 113 cm³/mol. The zero-order valence-corrected chi connectivity index (χ0v) is 15.7. The fraction of sp³-hybridized carbons (Fsp3) is 0.0870. The maximum Gasteiger partial charge on any atom is 0.240 e. The molecule has 0 unspecified atom stereocenters. The van der Waals surface area contributed by atoms with Crippen molar-refractivity contribution in [3.05, 3.63) is 90.5 Å². The van der Waals surface area contributed by atoms with Gasteiger partial charge in [0.1, 0.15) is 5.75 Å². The van der Waals surface area contributed by atoms with Crippen LogP contribution in [0.3, 0.4) is 0 Å². The van der Waals surface area contributed by atoms with Crippen molar-refractivity contribution in [1.29, 1.82) is 0 Å². The molecule has 0 spiro atoms. The smallest absolute Gasteiger partial charge is 0.240 e. The summed E-state index contributed by atoms with van der Waals surface area (Å²) >= 11 is 0. The Bertz CT molecular complexity index is 932. The Morgan fingerprint density at radius 2 is 1.38 bits per heavy atom. The first-order chi connectivity index (χ1) is 14.1. The molecule has 6 heteroatoms. The van der Waals surface area contributed by atoms with E-state index in [-0.39, 0.29) is 30.4 Å². The molecule has 3 aromatic rings. The first kappa shape index (κ1) is 19.8. The van der Waals surface area contributed by atoms with Crippen molar-refractivity contribution in [3.63, 3.8) is 0 Å². The molecule has 146 valence electrons. The van der Waals surface area contributed by atoms with E-state index in [2.05, 4.69) is 10.5 Å². The number of hydrogen-bond acceptors (Lipinski definition) is 4. The number of carbonyl (C=O) groups excluding carboxylic acids is 2. The molecule has 3 rings (SSSR count). The third-order valence-corrected chi connectivity index (χ3v) is 4.14. The summed E-state index contributed by atoms with van der Waals surface area (Å²) in [4.78, 5) is 26.5. The second-order valence-electron chi connectivity index (χ2n) is 6.28. The number of phenols is 1. The van der Waals surface area contributed by atoms with E-state index in [1.165, 1.54) is 18.3 Å². The van der Waals surface area contributed by atoms with Crippen LogP contribution in [0.25, 0.3) is 0 Å². The molecule has 0 radical (unpaired) electrons. The molecule has 0 fully saturated rings. The molecule has 0 aliphatic rings. The van der Waals surface area contributed by atoms with Gasteiger partial charge in [-0.05, 0) is 54.1 Å². The second kappa shape index (κ2) is 9.85. The molecule has 0 atom stereocenters. The number of rotatable bonds is 7. The van der Waals surface area contributed by atoms with Crippen molar-refractivity contribution in [2.24, 2.45) is 5.10 Å². The Hall–Kier alpha value is -3.93. The van der Waals surface area contributed by atoms with Gasteiger partial charge in [-0.15, -0.1) is 0 Å². The normalized spacial score (nSPS) is 10.6. The van der Waals surface area contributed by atoms with E-state index in [1.807, 2.05) is 60.7 Å². The minimum absolute atomic E-state index is 0.0158. The van der Waals surface area contributed by atoms with Crippen LogP contribution in [0, 0.1) is 0 Å². The molecule has 0 aromatic heterocycles. The lowest BCUT2D eigenvalue weighted by atomic mass is 10.2. The number of para-hydroxylation sites is 2. The van der Waals surface area contributed by atoms with E-state index in [4.69, 9.17) is 0 Å². The summed E-state index contributed by atoms with van der Waals surface area (Å²) in [7, 11) is 0. The molecule has 0 aliphatic carbocycles. The van der Waals surface area contributed by atoms with Crippen molar-refractivity contribution < 1.29 is 14.7 Å². The molecule has 6 nitrogen and oxygen atoms in total. The molecule has 0 saturated heterocycles. The number of hydrazone groups is 1. The highest BCUT2D eigenvalue weighted by Gasteiger charge is 2.18. The SMILES string of the molecule is O=C(CCC(=O)N(c1ccccc1)c1ccccc1)NN=Cc1ccc(O)cc1. The summed E-state index contributed by atoms with van der Waals surface area (Å²) in [6, 6.07) is 25.1. The monoisotopic (exact) mass is 387 g/mol. The van der Waals surface area contributed by atoms with Gasteiger partial charge in [-0.1, -0.05) is 36.4 Å². The summed E-state index contributed by atoms with van der Waals surface area (Å²) in [5.41, 5.74) is 4.64. The highest BCUT2D eigenvalue weighted by Crippen LogP contribution is 2.26. The van der Waals surface area contributed by atoms with Gasteiger partial charge in [-0.25, -0.2) is 5.43 Å². The molecule has 0 saturated carbocycles. The minimum Gasteiger partial charge on any atom is -0.508 e. The van der Waals surface area contributed by atoms with Crippen LogP contribution in [-0.4, -0.2) is 23.1 Å². The van der Waals surface area contributed by atoms with Gasteiger partial charge in [-0.2, -0.15) is 5.10 Å². The molecule has 0 bridgehead atoms. The van der Waals surface area contributed by atoms with Crippen molar-refractivity contribution in [2.45, 2.75) is 12.8 Å². The van der Waals surface area contributed by atoms with Crippen LogP contribution in [0.5, 0.6) is 5.75 Å². The van der Waals surface area contributed by atoms with E-state index >= 15 is 0 Å². The number of anilines is 2. The van der Waals surface area contributed by atoms with Crippen LogP contribution < -0.4 is 10.3 Å². The fourth-order valence-corrected chi connectivity index (χ4v) is 2.72. The van der Waals surface area contributed by atoms with Gasteiger partial charge < -0.3 is 5.11 Å². The van der Waals surface area contributed by atoms with E-state index < -0.39 is 0 Å². The van der Waals surface area contributed by atoms with Gasteiger partial charge in [0.05, 0.1) is 6.21 Å². The number of benzene rings is 3. The maximum atomic E-state index is 12.9. The number of carbonyl (C=O) groups is 2. The van der Waals surface area contributed by atoms with Crippen LogP contribution in [0.15, 0.2) is 90.0 Å². The summed E-state index contributed by atoms with van der Waals surface area (Å²) in [6.07, 6.45) is 1.53. The number of hydrogen-bond donors (Lipinski definition) is 2. The third kappa shape index (κ3) is 5.77. The number of nitrogens with zero attached hydrogens (tertiary/aromatic N) is 2. The highest BCUT2D eigenvalue weighted by molar-refractivity contribution is 6.01. The molecule has 2 N–H and O–H groups in total. The summed E-state index contributed by atoms with van der Waals surface area (Å²) < 4.78 is 0. The van der Waals surface area contributed by atoms with Gasteiger partial charge >= 0.3 is 0 Å². The number of aromatic hydroxyl groups is 1. The van der Waals surface area contributed by atoms with Gasteiger partial charge in [-0.3, -0.25) is 14.5 Å². The van der Waals surface area contributed by atoms with Crippen molar-refractivity contribution in [1.82, 2.24) is 5.43 Å². The topological polar surface area (TPSA) is 82.0 Å². The number of nitrogens with one attached hydrogen (secondary N) is 1. The lowest BCUT2D eigenvalue weighted by Gasteiger charge is -2.23. The minimum atomic E-state index is -0.352. The quantitative estimate of drug-likeness (QED) is 0.475. The Morgan fingerprint density at radius 1 is 0.828 bits per heavy atom. The fourth-order valence-electron chi connectivity index (χ4n) is 2.72. The van der Waals surface area contributed by atoms with Crippen LogP contribution in [-0.2, 0) is 9.59 Å². The Balaban J connectivity index is 1.60. The molecule has 0 aliphatic heterocycles. The molecule has 3 aromatic carbocycles. The third-order valence-electron chi connectivity index (χ3n) is 4.14. The van der Waals surface area contributed by atoms with Crippen molar-refractivity contribution in [3.8, 4) is 5.75 Å². The lowest BCUT2D eigenvalue weighted by Crippen LogP contribution is -2.27. The van der Waals surface area contributed by atoms with Gasteiger partial charge in [0, 0.05) is 24.2 Å². The Labute approximate surface area is 169 Å². The van der Waals surface area contributed by atoms with Crippen LogP contribution >= 0.6 is 0 Å². The standard InChI is InChI=1S/C23H21N3O3/c27-21-13-11-18(12-14-21)17-24-25-22(28)15-16-23(29)26(19-7-3-1-4-8-19)20-9-5-2-6-10-20/h1-14,17,27H,15-16H2,(H,25,28). The van der Waals surface area contributed by atoms with Crippen LogP contribution in [0.2, 0.25) is 0 Å². The summed E-state index contributed by atoms with van der Waals surface area (Å²) in [6.45, 7) is 0. The first-order valence-corrected chi connectivity index (χ1v) is 9.17. The Morgan fingerprint density at radius 3 is 1.93 bits per heavy atom. The van der Waals surface area contributed by atoms with Crippen LogP contribution in [0.4, 0.5) is 11.4 Å². The predicted octanol–water partition coefficient (Wildman–Crippen LogP) is 3.99. The molecule has 0 heterocycles. The second-order valence-corrected chi connectivity index (χ2v) is 6.28. The average Bonchev–Trinajstić information content (AvgIpc) is 2.75. The maximum absolute atomic E-state index is 12.9. The van der Waals surface area contributed by atoms with Gasteiger partial charge in [0.15, 0.2) is 0 Å². The van der Waals surface area contributed by atoms with E-state index in [0.29, 0.717) is 0 Å². The van der Waals surface area contributed by atoms with Crippen molar-refractivity contribution in [2.75, 3.05) is 4.90 Å². The number of amides is 2. The average molecular weight is 387 g/mol. The number of phenolic OH excluding ortho intramolecular Hbond substituents is 1. The van der Waals surface area contributed by atoms with Crippen LogP contribution in [0.1, 0.15) is 18.4 Å². The zero-order valence-electron chi connectivity index (χ0n) is 15.7. The van der Waals surface area contributed by atoms with Crippen molar-refractivity contribution >= 4 is 29.4 Å². The van der Waals surface area contributed by atoms with Gasteiger partial charge in [0.25, 0.3) is 0 Å². The summed E-state index contributed by atoms with van der Waals surface area (Å²) in [5.74, 6) is -0.374. The first-order valence-electron chi connectivity index (χ1n) is 9.17. The zero-order chi connectivity index (χ0) is 20.5.